The molecule has 0 N–H and O–H groups in total. The number of benzene rings is 1. The van der Waals surface area contributed by atoms with E-state index in [1.807, 2.05) is 0 Å². The van der Waals surface area contributed by atoms with Gasteiger partial charge in [-0.15, -0.1) is 11.3 Å². The molecule has 0 bridgehead atoms. The van der Waals surface area contributed by atoms with Crippen molar-refractivity contribution in [3.05, 3.63) is 41.5 Å². The molecule has 3 aliphatic rings. The number of hydrogen-bond donors (Lipinski definition) is 0. The van der Waals surface area contributed by atoms with Crippen LogP contribution in [0.25, 0.3) is 21.3 Å². The molecule has 0 radical (unpaired) electrons. The fourth-order valence-electron chi connectivity index (χ4n) is 4.55. The van der Waals surface area contributed by atoms with Crippen LogP contribution in [0.3, 0.4) is 0 Å². The Balaban J connectivity index is 1.49. The first-order valence-electron chi connectivity index (χ1n) is 10.2. The SMILES string of the molecule is CN1CCOC2CN(c3nc(C4CC4)nc4scc(-c5ccccc5)c34)CC21. The highest BCUT2D eigenvalue weighted by Gasteiger charge is 2.40. The van der Waals surface area contributed by atoms with E-state index in [4.69, 9.17) is 14.7 Å². The Labute approximate surface area is 169 Å². The van der Waals surface area contributed by atoms with Crippen LogP contribution >= 0.6 is 11.3 Å². The third-order valence-electron chi connectivity index (χ3n) is 6.34. The van der Waals surface area contributed by atoms with Gasteiger partial charge < -0.3 is 9.64 Å². The number of ether oxygens (including phenoxy) is 1. The Bertz CT molecular complexity index is 1020. The third kappa shape index (κ3) is 2.74. The maximum Gasteiger partial charge on any atom is 0.141 e. The largest absolute Gasteiger partial charge is 0.373 e. The van der Waals surface area contributed by atoms with Crippen molar-refractivity contribution in [2.24, 2.45) is 0 Å². The summed E-state index contributed by atoms with van der Waals surface area (Å²) in [5.41, 5.74) is 2.49. The van der Waals surface area contributed by atoms with E-state index in [9.17, 15) is 0 Å². The van der Waals surface area contributed by atoms with E-state index in [0.29, 0.717) is 12.0 Å². The molecule has 6 rings (SSSR count). The minimum Gasteiger partial charge on any atom is -0.373 e. The van der Waals surface area contributed by atoms with Gasteiger partial charge in [0.15, 0.2) is 0 Å². The maximum absolute atomic E-state index is 6.10. The van der Waals surface area contributed by atoms with E-state index < -0.39 is 0 Å². The van der Waals surface area contributed by atoms with Gasteiger partial charge >= 0.3 is 0 Å². The van der Waals surface area contributed by atoms with Crippen molar-refractivity contribution in [2.75, 3.05) is 38.2 Å². The summed E-state index contributed by atoms with van der Waals surface area (Å²) < 4.78 is 6.10. The number of aromatic nitrogens is 2. The van der Waals surface area contributed by atoms with E-state index in [1.165, 1.54) is 29.4 Å². The molecule has 2 atom stereocenters. The van der Waals surface area contributed by atoms with Crippen LogP contribution in [-0.2, 0) is 4.74 Å². The number of rotatable bonds is 3. The lowest BCUT2D eigenvalue weighted by Gasteiger charge is -2.33. The molecule has 2 aromatic heterocycles. The zero-order chi connectivity index (χ0) is 18.7. The number of thiophene rings is 1. The lowest BCUT2D eigenvalue weighted by atomic mass is 10.1. The van der Waals surface area contributed by atoms with Crippen molar-refractivity contribution in [1.82, 2.24) is 14.9 Å². The molecule has 1 aliphatic carbocycles. The molecule has 144 valence electrons. The van der Waals surface area contributed by atoms with Crippen molar-refractivity contribution >= 4 is 27.4 Å². The summed E-state index contributed by atoms with van der Waals surface area (Å²) >= 11 is 1.75. The van der Waals surface area contributed by atoms with Crippen LogP contribution in [0.15, 0.2) is 35.7 Å². The monoisotopic (exact) mass is 392 g/mol. The number of nitrogens with zero attached hydrogens (tertiary/aromatic N) is 4. The van der Waals surface area contributed by atoms with Crippen molar-refractivity contribution in [3.63, 3.8) is 0 Å². The smallest absolute Gasteiger partial charge is 0.141 e. The number of fused-ring (bicyclic) bond motifs is 2. The van der Waals surface area contributed by atoms with Crippen LogP contribution in [-0.4, -0.2) is 60.3 Å². The zero-order valence-corrected chi connectivity index (χ0v) is 16.9. The van der Waals surface area contributed by atoms with E-state index in [-0.39, 0.29) is 6.10 Å². The maximum atomic E-state index is 6.10. The molecule has 4 heterocycles. The lowest BCUT2D eigenvalue weighted by molar-refractivity contribution is -0.0362. The molecule has 3 fully saturated rings. The first-order chi connectivity index (χ1) is 13.8. The van der Waals surface area contributed by atoms with Gasteiger partial charge in [-0.2, -0.15) is 0 Å². The van der Waals surface area contributed by atoms with Crippen LogP contribution in [0.1, 0.15) is 24.6 Å². The fourth-order valence-corrected chi connectivity index (χ4v) is 5.50. The first kappa shape index (κ1) is 16.9. The van der Waals surface area contributed by atoms with Crippen LogP contribution in [0.4, 0.5) is 5.82 Å². The number of likely N-dealkylation sites (N-methyl/N-ethyl adjacent to an activating group) is 1. The Morgan fingerprint density at radius 2 is 1.96 bits per heavy atom. The van der Waals surface area contributed by atoms with Crippen molar-refractivity contribution in [2.45, 2.75) is 30.9 Å². The summed E-state index contributed by atoms with van der Waals surface area (Å²) in [6, 6.07) is 11.1. The zero-order valence-electron chi connectivity index (χ0n) is 16.0. The highest BCUT2D eigenvalue weighted by atomic mass is 32.1. The normalized spacial score (nSPS) is 25.4. The lowest BCUT2D eigenvalue weighted by Crippen LogP contribution is -2.48. The second kappa shape index (κ2) is 6.51. The van der Waals surface area contributed by atoms with Crippen molar-refractivity contribution in [1.29, 1.82) is 0 Å². The van der Waals surface area contributed by atoms with Gasteiger partial charge in [0.25, 0.3) is 0 Å². The number of hydrogen-bond acceptors (Lipinski definition) is 6. The second-order valence-corrected chi connectivity index (χ2v) is 9.10. The molecule has 0 spiro atoms. The van der Waals surface area contributed by atoms with Gasteiger partial charge in [0.1, 0.15) is 16.5 Å². The van der Waals surface area contributed by atoms with Crippen LogP contribution in [0, 0.1) is 0 Å². The second-order valence-electron chi connectivity index (χ2n) is 8.24. The predicted octanol–water partition coefficient (Wildman–Crippen LogP) is 3.75. The minimum absolute atomic E-state index is 0.270. The van der Waals surface area contributed by atoms with Gasteiger partial charge in [0.05, 0.1) is 24.1 Å². The number of anilines is 1. The minimum atomic E-state index is 0.270. The Morgan fingerprint density at radius 1 is 1.11 bits per heavy atom. The van der Waals surface area contributed by atoms with Crippen molar-refractivity contribution < 1.29 is 4.74 Å². The van der Waals surface area contributed by atoms with Gasteiger partial charge in [-0.3, -0.25) is 4.90 Å². The molecule has 1 aromatic carbocycles. The van der Waals surface area contributed by atoms with E-state index in [0.717, 1.165) is 42.7 Å². The fraction of sp³-hybridized carbons (Fsp3) is 0.455. The molecule has 2 unspecified atom stereocenters. The highest BCUT2D eigenvalue weighted by molar-refractivity contribution is 7.17. The van der Waals surface area contributed by atoms with E-state index in [2.05, 4.69) is 52.6 Å². The molecule has 1 saturated carbocycles. The molecule has 2 saturated heterocycles. The molecule has 2 aliphatic heterocycles. The summed E-state index contributed by atoms with van der Waals surface area (Å²) in [7, 11) is 2.22. The first-order valence-corrected chi connectivity index (χ1v) is 11.1. The molecular weight excluding hydrogens is 368 g/mol. The highest BCUT2D eigenvalue weighted by Crippen LogP contribution is 2.44. The number of morpholine rings is 1. The molecule has 6 heteroatoms. The molecule has 28 heavy (non-hydrogen) atoms. The molecule has 0 amide bonds. The van der Waals surface area contributed by atoms with Gasteiger partial charge in [-0.25, -0.2) is 9.97 Å². The molecular formula is C22H24N4OS. The third-order valence-corrected chi connectivity index (χ3v) is 7.21. The standard InChI is InChI=1S/C22H24N4OS/c1-25-9-10-27-18-12-26(11-17(18)25)21-19-16(14-5-3-2-4-6-14)13-28-22(19)24-20(23-21)15-7-8-15/h2-6,13,15,17-18H,7-12H2,1H3. The van der Waals surface area contributed by atoms with E-state index >= 15 is 0 Å². The molecule has 3 aromatic rings. The summed E-state index contributed by atoms with van der Waals surface area (Å²) in [5.74, 6) is 2.70. The average molecular weight is 393 g/mol. The van der Waals surface area contributed by atoms with Gasteiger partial charge in [-0.05, 0) is 25.5 Å². The Kier molecular flexibility index (Phi) is 3.93. The van der Waals surface area contributed by atoms with Gasteiger partial charge in [-0.1, -0.05) is 30.3 Å². The summed E-state index contributed by atoms with van der Waals surface area (Å²) in [6.45, 7) is 3.72. The Hall–Kier alpha value is -2.02. The van der Waals surface area contributed by atoms with Crippen molar-refractivity contribution in [3.8, 4) is 11.1 Å². The Morgan fingerprint density at radius 3 is 2.75 bits per heavy atom. The van der Waals surface area contributed by atoms with Gasteiger partial charge in [0.2, 0.25) is 0 Å². The van der Waals surface area contributed by atoms with Crippen LogP contribution in [0.5, 0.6) is 0 Å². The summed E-state index contributed by atoms with van der Waals surface area (Å²) in [6.07, 6.45) is 2.71. The average Bonchev–Trinajstić information content (AvgIpc) is 3.33. The van der Waals surface area contributed by atoms with Crippen LogP contribution in [0.2, 0.25) is 0 Å². The quantitative estimate of drug-likeness (QED) is 0.679. The predicted molar refractivity (Wildman–Crippen MR) is 113 cm³/mol. The van der Waals surface area contributed by atoms with Crippen LogP contribution < -0.4 is 4.90 Å². The topological polar surface area (TPSA) is 41.5 Å². The van der Waals surface area contributed by atoms with E-state index in [1.54, 1.807) is 11.3 Å². The summed E-state index contributed by atoms with van der Waals surface area (Å²) in [5, 5.41) is 3.46. The summed E-state index contributed by atoms with van der Waals surface area (Å²) in [4.78, 5) is 16.1. The van der Waals surface area contributed by atoms with Gasteiger partial charge in [0, 0.05) is 36.5 Å². The molecule has 5 nitrogen and oxygen atoms in total.